The Bertz CT molecular complexity index is 1290. The van der Waals surface area contributed by atoms with Crippen LogP contribution in [0, 0.1) is 12.3 Å². The van der Waals surface area contributed by atoms with Crippen molar-refractivity contribution in [3.05, 3.63) is 71.6 Å². The molecular formula is C22H16ClN5O2. The quantitative estimate of drug-likeness (QED) is 0.456. The lowest BCUT2D eigenvalue weighted by atomic mass is 10.2. The Morgan fingerprint density at radius 1 is 1.17 bits per heavy atom. The number of anilines is 2. The predicted octanol–water partition coefficient (Wildman–Crippen LogP) is 5.04. The molecule has 0 saturated heterocycles. The SMILES string of the molecule is C#Cc1cccc(NC(=O)Nc2ccc(Oc3ncnc4ccn(C)c34)cc2Cl)c1. The molecule has 4 rings (SSSR count). The lowest BCUT2D eigenvalue weighted by molar-refractivity contribution is 0.262. The standard InChI is InChI=1S/C22H16ClN5O2/c1-3-14-5-4-6-15(11-14)26-22(29)27-18-8-7-16(12-17(18)23)30-21-20-19(24-13-25-21)9-10-28(20)2/h1,4-13H,2H3,(H2,26,27,29). The summed E-state index contributed by atoms with van der Waals surface area (Å²) in [6.45, 7) is 0. The summed E-state index contributed by atoms with van der Waals surface area (Å²) in [4.78, 5) is 20.7. The van der Waals surface area contributed by atoms with Gasteiger partial charge in [-0.2, -0.15) is 4.98 Å². The number of halogens is 1. The molecule has 0 radical (unpaired) electrons. The third-order valence-corrected chi connectivity index (χ3v) is 4.63. The van der Waals surface area contributed by atoms with E-state index in [-0.39, 0.29) is 0 Å². The summed E-state index contributed by atoms with van der Waals surface area (Å²) in [5, 5.41) is 5.73. The molecule has 0 unspecified atom stereocenters. The molecule has 0 spiro atoms. The summed E-state index contributed by atoms with van der Waals surface area (Å²) in [5.41, 5.74) is 3.22. The number of benzene rings is 2. The molecule has 0 aliphatic heterocycles. The van der Waals surface area contributed by atoms with E-state index in [1.165, 1.54) is 6.33 Å². The maximum absolute atomic E-state index is 12.3. The topological polar surface area (TPSA) is 81.1 Å². The molecule has 7 nitrogen and oxygen atoms in total. The first-order chi connectivity index (χ1) is 14.5. The zero-order valence-corrected chi connectivity index (χ0v) is 16.6. The van der Waals surface area contributed by atoms with Crippen LogP contribution in [0.15, 0.2) is 61.1 Å². The molecule has 0 fully saturated rings. The summed E-state index contributed by atoms with van der Waals surface area (Å²) in [6, 6.07) is 13.4. The lowest BCUT2D eigenvalue weighted by Crippen LogP contribution is -2.19. The van der Waals surface area contributed by atoms with Gasteiger partial charge in [-0.3, -0.25) is 0 Å². The number of ether oxygens (including phenoxy) is 1. The molecular weight excluding hydrogens is 402 g/mol. The lowest BCUT2D eigenvalue weighted by Gasteiger charge is -2.11. The van der Waals surface area contributed by atoms with Gasteiger partial charge < -0.3 is 19.9 Å². The Balaban J connectivity index is 1.48. The molecule has 8 heteroatoms. The number of fused-ring (bicyclic) bond motifs is 1. The van der Waals surface area contributed by atoms with Crippen LogP contribution in [0.3, 0.4) is 0 Å². The highest BCUT2D eigenvalue weighted by Gasteiger charge is 2.12. The fourth-order valence-corrected chi connectivity index (χ4v) is 3.12. The number of aryl methyl sites for hydroxylation is 1. The first kappa shape index (κ1) is 19.3. The Labute approximate surface area is 177 Å². The zero-order chi connectivity index (χ0) is 21.1. The highest BCUT2D eigenvalue weighted by molar-refractivity contribution is 6.34. The molecule has 30 heavy (non-hydrogen) atoms. The minimum Gasteiger partial charge on any atom is -0.437 e. The van der Waals surface area contributed by atoms with Crippen LogP contribution in [0.4, 0.5) is 16.2 Å². The van der Waals surface area contributed by atoms with E-state index in [9.17, 15) is 4.79 Å². The summed E-state index contributed by atoms with van der Waals surface area (Å²) in [7, 11) is 1.89. The number of nitrogens with zero attached hydrogens (tertiary/aromatic N) is 3. The molecule has 2 aromatic carbocycles. The molecule has 2 aromatic heterocycles. The largest absolute Gasteiger partial charge is 0.437 e. The number of carbonyl (C=O) groups is 1. The Hall–Kier alpha value is -4.02. The van der Waals surface area contributed by atoms with Gasteiger partial charge >= 0.3 is 6.03 Å². The number of hydrogen-bond donors (Lipinski definition) is 2. The molecule has 148 valence electrons. The van der Waals surface area contributed by atoms with E-state index in [4.69, 9.17) is 22.8 Å². The highest BCUT2D eigenvalue weighted by atomic mass is 35.5. The second kappa shape index (κ2) is 8.15. The number of hydrogen-bond acceptors (Lipinski definition) is 4. The molecule has 4 aromatic rings. The number of amides is 2. The van der Waals surface area contributed by atoms with Crippen molar-refractivity contribution in [2.75, 3.05) is 10.6 Å². The Kier molecular flexibility index (Phi) is 5.24. The number of terminal acetylenes is 1. The van der Waals surface area contributed by atoms with Gasteiger partial charge in [0, 0.05) is 30.6 Å². The van der Waals surface area contributed by atoms with Crippen molar-refractivity contribution >= 4 is 40.0 Å². The van der Waals surface area contributed by atoms with E-state index in [2.05, 4.69) is 26.5 Å². The minimum absolute atomic E-state index is 0.317. The van der Waals surface area contributed by atoms with Crippen LogP contribution in [0.1, 0.15) is 5.56 Å². The van der Waals surface area contributed by atoms with Crippen molar-refractivity contribution in [3.63, 3.8) is 0 Å². The molecule has 2 N–H and O–H groups in total. The van der Waals surface area contributed by atoms with Crippen LogP contribution in [0.5, 0.6) is 11.6 Å². The Morgan fingerprint density at radius 3 is 2.83 bits per heavy atom. The van der Waals surface area contributed by atoms with Crippen LogP contribution in [0.25, 0.3) is 11.0 Å². The van der Waals surface area contributed by atoms with Gasteiger partial charge in [0.25, 0.3) is 0 Å². The van der Waals surface area contributed by atoms with Crippen molar-refractivity contribution in [1.82, 2.24) is 14.5 Å². The van der Waals surface area contributed by atoms with Gasteiger partial charge in [0.05, 0.1) is 16.2 Å². The van der Waals surface area contributed by atoms with Gasteiger partial charge in [-0.25, -0.2) is 9.78 Å². The molecule has 0 saturated carbocycles. The highest BCUT2D eigenvalue weighted by Crippen LogP contribution is 2.31. The van der Waals surface area contributed by atoms with Gasteiger partial charge in [0.2, 0.25) is 5.88 Å². The average molecular weight is 418 g/mol. The third kappa shape index (κ3) is 4.04. The number of urea groups is 1. The van der Waals surface area contributed by atoms with E-state index in [1.807, 2.05) is 23.9 Å². The van der Waals surface area contributed by atoms with Crippen molar-refractivity contribution in [3.8, 4) is 24.0 Å². The van der Waals surface area contributed by atoms with Gasteiger partial charge in [0.1, 0.15) is 17.6 Å². The summed E-state index contributed by atoms with van der Waals surface area (Å²) in [6.07, 6.45) is 8.70. The van der Waals surface area contributed by atoms with Gasteiger partial charge in [-0.1, -0.05) is 23.6 Å². The number of carbonyl (C=O) groups excluding carboxylic acids is 1. The fraction of sp³-hybridized carbons (Fsp3) is 0.0455. The van der Waals surface area contributed by atoms with E-state index >= 15 is 0 Å². The third-order valence-electron chi connectivity index (χ3n) is 4.32. The van der Waals surface area contributed by atoms with Crippen molar-refractivity contribution in [2.45, 2.75) is 0 Å². The minimum atomic E-state index is -0.443. The van der Waals surface area contributed by atoms with Crippen LogP contribution in [0.2, 0.25) is 5.02 Å². The number of aromatic nitrogens is 3. The second-order valence-corrected chi connectivity index (χ2v) is 6.79. The zero-order valence-electron chi connectivity index (χ0n) is 15.9. The maximum Gasteiger partial charge on any atom is 0.323 e. The van der Waals surface area contributed by atoms with E-state index in [1.54, 1.807) is 42.5 Å². The first-order valence-corrected chi connectivity index (χ1v) is 9.29. The summed E-state index contributed by atoms with van der Waals surface area (Å²) < 4.78 is 7.77. The molecule has 0 aliphatic rings. The molecule has 0 aliphatic carbocycles. The Morgan fingerprint density at radius 2 is 2.03 bits per heavy atom. The number of rotatable bonds is 4. The second-order valence-electron chi connectivity index (χ2n) is 6.39. The maximum atomic E-state index is 12.3. The fourth-order valence-electron chi connectivity index (χ4n) is 2.90. The van der Waals surface area contributed by atoms with Crippen LogP contribution < -0.4 is 15.4 Å². The first-order valence-electron chi connectivity index (χ1n) is 8.91. The van der Waals surface area contributed by atoms with E-state index < -0.39 is 6.03 Å². The van der Waals surface area contributed by atoms with Gasteiger partial charge in [0.15, 0.2) is 0 Å². The average Bonchev–Trinajstić information content (AvgIpc) is 3.12. The molecule has 0 atom stereocenters. The number of nitrogens with one attached hydrogen (secondary N) is 2. The van der Waals surface area contributed by atoms with E-state index in [0.29, 0.717) is 33.6 Å². The summed E-state index contributed by atoms with van der Waals surface area (Å²) >= 11 is 6.33. The van der Waals surface area contributed by atoms with Crippen molar-refractivity contribution < 1.29 is 9.53 Å². The van der Waals surface area contributed by atoms with Crippen LogP contribution in [-0.2, 0) is 7.05 Å². The van der Waals surface area contributed by atoms with Crippen molar-refractivity contribution in [2.24, 2.45) is 7.05 Å². The van der Waals surface area contributed by atoms with Crippen molar-refractivity contribution in [1.29, 1.82) is 0 Å². The van der Waals surface area contributed by atoms with Gasteiger partial charge in [-0.05, 0) is 36.4 Å². The predicted molar refractivity (Wildman–Crippen MR) is 117 cm³/mol. The normalized spacial score (nSPS) is 10.4. The van der Waals surface area contributed by atoms with Crippen LogP contribution >= 0.6 is 11.6 Å². The smallest absolute Gasteiger partial charge is 0.323 e. The molecule has 2 heterocycles. The molecule has 2 amide bonds. The molecule has 0 bridgehead atoms. The van der Waals surface area contributed by atoms with E-state index in [0.717, 1.165) is 11.0 Å². The van der Waals surface area contributed by atoms with Crippen LogP contribution in [-0.4, -0.2) is 20.6 Å². The summed E-state index contributed by atoms with van der Waals surface area (Å²) in [5.74, 6) is 3.41. The van der Waals surface area contributed by atoms with Gasteiger partial charge in [-0.15, -0.1) is 6.42 Å². The monoisotopic (exact) mass is 417 g/mol.